The molecule has 100 valence electrons. The zero-order valence-corrected chi connectivity index (χ0v) is 11.5. The van der Waals surface area contributed by atoms with Crippen LogP contribution in [0.1, 0.15) is 25.5 Å². The zero-order valence-electron chi connectivity index (χ0n) is 10.7. The Morgan fingerprint density at radius 1 is 1.61 bits per heavy atom. The third-order valence-electron chi connectivity index (χ3n) is 3.21. The number of anilines is 1. The molecule has 18 heavy (non-hydrogen) atoms. The van der Waals surface area contributed by atoms with Gasteiger partial charge in [-0.3, -0.25) is 9.69 Å². The Morgan fingerprint density at radius 3 is 2.89 bits per heavy atom. The van der Waals surface area contributed by atoms with Gasteiger partial charge in [0.05, 0.1) is 12.2 Å². The number of hydrogen-bond donors (Lipinski definition) is 2. The van der Waals surface area contributed by atoms with Crippen LogP contribution in [0, 0.1) is 0 Å². The summed E-state index contributed by atoms with van der Waals surface area (Å²) in [5.41, 5.74) is 6.34. The molecule has 5 nitrogen and oxygen atoms in total. The smallest absolute Gasteiger partial charge is 0.231 e. The lowest BCUT2D eigenvalue weighted by atomic mass is 10.1. The van der Waals surface area contributed by atoms with E-state index in [1.54, 1.807) is 11.3 Å². The Hall–Kier alpha value is -1.14. The number of rotatable bonds is 5. The number of nitrogens with zero attached hydrogens (tertiary/aromatic N) is 2. The molecule has 1 fully saturated rings. The second-order valence-electron chi connectivity index (χ2n) is 4.66. The van der Waals surface area contributed by atoms with E-state index in [9.17, 15) is 4.79 Å². The molecule has 0 bridgehead atoms. The van der Waals surface area contributed by atoms with E-state index in [1.807, 2.05) is 0 Å². The third kappa shape index (κ3) is 3.68. The summed E-state index contributed by atoms with van der Waals surface area (Å²) >= 11 is 1.67. The molecule has 1 aromatic heterocycles. The van der Waals surface area contributed by atoms with Gasteiger partial charge in [0.25, 0.3) is 0 Å². The Balaban J connectivity index is 1.78. The topological polar surface area (TPSA) is 71.2 Å². The summed E-state index contributed by atoms with van der Waals surface area (Å²) < 4.78 is 0. The van der Waals surface area contributed by atoms with Gasteiger partial charge < -0.3 is 11.1 Å². The molecule has 3 N–H and O–H groups in total. The van der Waals surface area contributed by atoms with Crippen LogP contribution in [0.4, 0.5) is 5.13 Å². The summed E-state index contributed by atoms with van der Waals surface area (Å²) in [6.45, 7) is 4.34. The molecule has 6 heteroatoms. The Kier molecular flexibility index (Phi) is 4.54. The minimum Gasteiger partial charge on any atom is -0.369 e. The van der Waals surface area contributed by atoms with E-state index >= 15 is 0 Å². The first-order valence-electron chi connectivity index (χ1n) is 6.39. The molecule has 1 aliphatic heterocycles. The molecular formula is C12H20N4OS. The number of amides is 1. The minimum absolute atomic E-state index is 0.242. The van der Waals surface area contributed by atoms with Crippen LogP contribution in [0.25, 0.3) is 0 Å². The number of aryl methyl sites for hydroxylation is 1. The van der Waals surface area contributed by atoms with E-state index in [4.69, 9.17) is 5.73 Å². The molecule has 0 radical (unpaired) electrons. The van der Waals surface area contributed by atoms with Crippen molar-refractivity contribution >= 4 is 22.4 Å². The van der Waals surface area contributed by atoms with Gasteiger partial charge in [0.2, 0.25) is 5.91 Å². The van der Waals surface area contributed by atoms with E-state index < -0.39 is 0 Å². The second kappa shape index (κ2) is 6.15. The van der Waals surface area contributed by atoms with Crippen LogP contribution < -0.4 is 11.1 Å². The van der Waals surface area contributed by atoms with Crippen molar-refractivity contribution in [3.05, 3.63) is 11.1 Å². The predicted octanol–water partition coefficient (Wildman–Crippen LogP) is 1.07. The quantitative estimate of drug-likeness (QED) is 0.838. The highest BCUT2D eigenvalue weighted by Gasteiger charge is 2.20. The number of aromatic nitrogens is 1. The van der Waals surface area contributed by atoms with Crippen molar-refractivity contribution in [3.63, 3.8) is 0 Å². The summed E-state index contributed by atoms with van der Waals surface area (Å²) in [5, 5.41) is 6.59. The first kappa shape index (κ1) is 13.3. The SMILES string of the molecule is CCc1csc(NC2CCN(CC(N)=O)CC2)n1. The van der Waals surface area contributed by atoms with Gasteiger partial charge in [-0.05, 0) is 19.3 Å². The lowest BCUT2D eigenvalue weighted by molar-refractivity contribution is -0.119. The first-order chi connectivity index (χ1) is 8.67. The lowest BCUT2D eigenvalue weighted by Gasteiger charge is -2.31. The first-order valence-corrected chi connectivity index (χ1v) is 7.27. The van der Waals surface area contributed by atoms with E-state index in [2.05, 4.69) is 27.5 Å². The molecule has 0 atom stereocenters. The fourth-order valence-electron chi connectivity index (χ4n) is 2.17. The van der Waals surface area contributed by atoms with Crippen LogP contribution in [-0.4, -0.2) is 41.5 Å². The number of likely N-dealkylation sites (tertiary alicyclic amines) is 1. The minimum atomic E-state index is -0.242. The number of nitrogens with one attached hydrogen (secondary N) is 1. The highest BCUT2D eigenvalue weighted by Crippen LogP contribution is 2.20. The van der Waals surface area contributed by atoms with Crippen molar-refractivity contribution < 1.29 is 4.79 Å². The maximum absolute atomic E-state index is 10.8. The van der Waals surface area contributed by atoms with Crippen LogP contribution >= 0.6 is 11.3 Å². The lowest BCUT2D eigenvalue weighted by Crippen LogP contribution is -2.42. The van der Waals surface area contributed by atoms with Crippen molar-refractivity contribution in [1.82, 2.24) is 9.88 Å². The number of piperidine rings is 1. The molecule has 2 heterocycles. The molecular weight excluding hydrogens is 248 g/mol. The number of thiazole rings is 1. The molecule has 0 aromatic carbocycles. The molecule has 0 aliphatic carbocycles. The molecule has 1 aliphatic rings. The summed E-state index contributed by atoms with van der Waals surface area (Å²) in [5.74, 6) is -0.242. The fourth-order valence-corrected chi connectivity index (χ4v) is 3.04. The summed E-state index contributed by atoms with van der Waals surface area (Å²) in [6, 6.07) is 0.463. The maximum atomic E-state index is 10.8. The molecule has 0 spiro atoms. The number of carbonyl (C=O) groups excluding carboxylic acids is 1. The van der Waals surface area contributed by atoms with Gasteiger partial charge in [-0.15, -0.1) is 11.3 Å². The van der Waals surface area contributed by atoms with Gasteiger partial charge in [-0.1, -0.05) is 6.92 Å². The monoisotopic (exact) mass is 268 g/mol. The summed E-state index contributed by atoms with van der Waals surface area (Å²) in [6.07, 6.45) is 3.05. The number of nitrogens with two attached hydrogens (primary N) is 1. The summed E-state index contributed by atoms with van der Waals surface area (Å²) in [7, 11) is 0. The molecule has 1 amide bonds. The van der Waals surface area contributed by atoms with Crippen LogP contribution in [0.2, 0.25) is 0 Å². The average Bonchev–Trinajstić information content (AvgIpc) is 2.79. The molecule has 1 saturated heterocycles. The third-order valence-corrected chi connectivity index (χ3v) is 4.03. The van der Waals surface area contributed by atoms with E-state index in [0.29, 0.717) is 12.6 Å². The van der Waals surface area contributed by atoms with Gasteiger partial charge >= 0.3 is 0 Å². The molecule has 1 aromatic rings. The predicted molar refractivity (Wildman–Crippen MR) is 73.8 cm³/mol. The highest BCUT2D eigenvalue weighted by atomic mass is 32.1. The van der Waals surface area contributed by atoms with Crippen LogP contribution in [-0.2, 0) is 11.2 Å². The van der Waals surface area contributed by atoms with E-state index in [1.165, 1.54) is 0 Å². The van der Waals surface area contributed by atoms with Gasteiger partial charge in [0.15, 0.2) is 5.13 Å². The standard InChI is InChI=1S/C12H20N4OS/c1-2-9-8-18-12(14-9)15-10-3-5-16(6-4-10)7-11(13)17/h8,10H,2-7H2,1H3,(H2,13,17)(H,14,15). The van der Waals surface area contributed by atoms with Gasteiger partial charge in [0.1, 0.15) is 0 Å². The van der Waals surface area contributed by atoms with Crippen molar-refractivity contribution in [2.45, 2.75) is 32.2 Å². The Bertz CT molecular complexity index is 399. The zero-order chi connectivity index (χ0) is 13.0. The Labute approximate surface area is 111 Å². The van der Waals surface area contributed by atoms with Gasteiger partial charge in [0, 0.05) is 24.5 Å². The molecule has 0 unspecified atom stereocenters. The van der Waals surface area contributed by atoms with Gasteiger partial charge in [-0.25, -0.2) is 4.98 Å². The Morgan fingerprint density at radius 2 is 2.33 bits per heavy atom. The summed E-state index contributed by atoms with van der Waals surface area (Å²) in [4.78, 5) is 17.5. The normalized spacial score (nSPS) is 17.8. The van der Waals surface area contributed by atoms with Crippen LogP contribution in [0.5, 0.6) is 0 Å². The fraction of sp³-hybridized carbons (Fsp3) is 0.667. The van der Waals surface area contributed by atoms with Crippen molar-refractivity contribution in [3.8, 4) is 0 Å². The maximum Gasteiger partial charge on any atom is 0.231 e. The van der Waals surface area contributed by atoms with Gasteiger partial charge in [-0.2, -0.15) is 0 Å². The van der Waals surface area contributed by atoms with Crippen molar-refractivity contribution in [2.24, 2.45) is 5.73 Å². The number of primary amides is 1. The second-order valence-corrected chi connectivity index (χ2v) is 5.52. The number of hydrogen-bond acceptors (Lipinski definition) is 5. The molecule has 2 rings (SSSR count). The van der Waals surface area contributed by atoms with Crippen LogP contribution in [0.3, 0.4) is 0 Å². The van der Waals surface area contributed by atoms with E-state index in [0.717, 1.165) is 43.2 Å². The van der Waals surface area contributed by atoms with Crippen molar-refractivity contribution in [1.29, 1.82) is 0 Å². The van der Waals surface area contributed by atoms with E-state index in [-0.39, 0.29) is 5.91 Å². The molecule has 0 saturated carbocycles. The average molecular weight is 268 g/mol. The van der Waals surface area contributed by atoms with Crippen molar-refractivity contribution in [2.75, 3.05) is 25.0 Å². The largest absolute Gasteiger partial charge is 0.369 e. The highest BCUT2D eigenvalue weighted by molar-refractivity contribution is 7.13. The van der Waals surface area contributed by atoms with Crippen LogP contribution in [0.15, 0.2) is 5.38 Å². The number of carbonyl (C=O) groups is 1.